The molecule has 0 bridgehead atoms. The largest absolute Gasteiger partial charge is 0.462 e. The van der Waals surface area contributed by atoms with Crippen molar-refractivity contribution < 1.29 is 28.6 Å². The molecule has 0 fully saturated rings. The normalized spacial score (nSPS) is 12.7. The van der Waals surface area contributed by atoms with Crippen molar-refractivity contribution in [2.45, 2.75) is 226 Å². The van der Waals surface area contributed by atoms with Gasteiger partial charge in [-0.25, -0.2) is 0 Å². The van der Waals surface area contributed by atoms with Gasteiger partial charge < -0.3 is 14.2 Å². The number of allylic oxidation sites excluding steroid dienone is 12. The number of carbonyl (C=O) groups excluding carboxylic acids is 3. The second-order valence-corrected chi connectivity index (χ2v) is 15.7. The van der Waals surface area contributed by atoms with Crippen LogP contribution in [0.4, 0.5) is 0 Å². The Morgan fingerprint density at radius 3 is 1.17 bits per heavy atom. The van der Waals surface area contributed by atoms with E-state index in [2.05, 4.69) is 57.2 Å². The predicted molar refractivity (Wildman–Crippen MR) is 247 cm³/mol. The fraction of sp³-hybridized carbons (Fsp3) is 0.712. The van der Waals surface area contributed by atoms with Crippen LogP contribution in [0.1, 0.15) is 220 Å². The van der Waals surface area contributed by atoms with Gasteiger partial charge in [0.2, 0.25) is 0 Å². The van der Waals surface area contributed by atoms with Crippen molar-refractivity contribution in [3.8, 4) is 0 Å². The summed E-state index contributed by atoms with van der Waals surface area (Å²) in [6.07, 6.45) is 57.5. The number of carbonyl (C=O) groups is 3. The number of ether oxygens (including phenoxy) is 3. The first-order chi connectivity index (χ1) is 28.5. The molecule has 0 heterocycles. The van der Waals surface area contributed by atoms with Crippen LogP contribution in [0, 0.1) is 0 Å². The zero-order valence-electron chi connectivity index (χ0n) is 37.8. The van der Waals surface area contributed by atoms with Gasteiger partial charge in [0.1, 0.15) is 13.2 Å². The molecule has 0 radical (unpaired) electrons. The van der Waals surface area contributed by atoms with E-state index < -0.39 is 6.10 Å². The van der Waals surface area contributed by atoms with Crippen LogP contribution in [0.5, 0.6) is 0 Å². The zero-order valence-corrected chi connectivity index (χ0v) is 37.8. The van der Waals surface area contributed by atoms with Crippen molar-refractivity contribution in [1.29, 1.82) is 0 Å². The van der Waals surface area contributed by atoms with Gasteiger partial charge in [0.25, 0.3) is 0 Å². The first-order valence-electron chi connectivity index (χ1n) is 24.0. The third-order valence-electron chi connectivity index (χ3n) is 10.0. The van der Waals surface area contributed by atoms with Crippen LogP contribution in [0.3, 0.4) is 0 Å². The van der Waals surface area contributed by atoms with E-state index in [0.717, 1.165) is 83.5 Å². The first-order valence-corrected chi connectivity index (χ1v) is 24.0. The Labute approximate surface area is 357 Å². The molecule has 0 saturated carbocycles. The molecular formula is C52H88O6. The van der Waals surface area contributed by atoms with E-state index in [1.54, 1.807) is 0 Å². The fourth-order valence-electron chi connectivity index (χ4n) is 6.37. The van der Waals surface area contributed by atoms with Crippen LogP contribution in [0.25, 0.3) is 0 Å². The van der Waals surface area contributed by atoms with Gasteiger partial charge >= 0.3 is 17.9 Å². The molecule has 0 spiro atoms. The number of hydrogen-bond acceptors (Lipinski definition) is 6. The highest BCUT2D eigenvalue weighted by Gasteiger charge is 2.19. The van der Waals surface area contributed by atoms with E-state index >= 15 is 0 Å². The molecule has 0 aromatic heterocycles. The molecule has 0 N–H and O–H groups in total. The number of hydrogen-bond donors (Lipinski definition) is 0. The number of unbranched alkanes of at least 4 members (excludes halogenated alkanes) is 22. The summed E-state index contributed by atoms with van der Waals surface area (Å²) in [5.41, 5.74) is 0. The molecule has 0 aliphatic heterocycles. The summed E-state index contributed by atoms with van der Waals surface area (Å²) in [5, 5.41) is 0. The summed E-state index contributed by atoms with van der Waals surface area (Å²) in [6.45, 7) is 6.39. The second kappa shape index (κ2) is 46.5. The minimum absolute atomic E-state index is 0.0978. The number of rotatable bonds is 42. The quantitative estimate of drug-likeness (QED) is 0.0201. The molecular weight excluding hydrogens is 721 g/mol. The maximum atomic E-state index is 12.7. The predicted octanol–water partition coefficient (Wildman–Crippen LogP) is 15.5. The summed E-state index contributed by atoms with van der Waals surface area (Å²) >= 11 is 0. The highest BCUT2D eigenvalue weighted by Crippen LogP contribution is 2.13. The van der Waals surface area contributed by atoms with Crippen LogP contribution < -0.4 is 0 Å². The molecule has 0 saturated heterocycles. The molecule has 1 atom stereocenters. The van der Waals surface area contributed by atoms with Gasteiger partial charge in [-0.2, -0.15) is 0 Å². The Balaban J connectivity index is 4.41. The van der Waals surface area contributed by atoms with E-state index in [1.807, 2.05) is 36.5 Å². The van der Waals surface area contributed by atoms with Gasteiger partial charge in [-0.05, 0) is 83.5 Å². The van der Waals surface area contributed by atoms with Crippen LogP contribution in [0.15, 0.2) is 72.9 Å². The molecule has 0 aromatic carbocycles. The highest BCUT2D eigenvalue weighted by molar-refractivity contribution is 5.71. The van der Waals surface area contributed by atoms with Crippen LogP contribution in [-0.4, -0.2) is 37.2 Å². The summed E-state index contributed by atoms with van der Waals surface area (Å²) < 4.78 is 16.7. The highest BCUT2D eigenvalue weighted by atomic mass is 16.6. The third kappa shape index (κ3) is 44.0. The Morgan fingerprint density at radius 2 is 0.707 bits per heavy atom. The lowest BCUT2D eigenvalue weighted by Gasteiger charge is -2.18. The molecule has 6 nitrogen and oxygen atoms in total. The maximum absolute atomic E-state index is 12.7. The van der Waals surface area contributed by atoms with Crippen LogP contribution >= 0.6 is 0 Å². The summed E-state index contributed by atoms with van der Waals surface area (Å²) in [7, 11) is 0. The monoisotopic (exact) mass is 809 g/mol. The minimum atomic E-state index is -0.800. The van der Waals surface area contributed by atoms with E-state index in [4.69, 9.17) is 14.2 Å². The molecule has 0 aliphatic carbocycles. The molecule has 0 aliphatic rings. The van der Waals surface area contributed by atoms with Gasteiger partial charge in [-0.15, -0.1) is 0 Å². The zero-order chi connectivity index (χ0) is 42.3. The Kier molecular flexibility index (Phi) is 44.0. The minimum Gasteiger partial charge on any atom is -0.462 e. The van der Waals surface area contributed by atoms with Crippen molar-refractivity contribution in [2.24, 2.45) is 0 Å². The summed E-state index contributed by atoms with van der Waals surface area (Å²) in [4.78, 5) is 37.8. The molecule has 1 unspecified atom stereocenters. The van der Waals surface area contributed by atoms with Gasteiger partial charge in [0, 0.05) is 19.3 Å². The standard InChI is InChI=1S/C52H88O6/c1-4-7-10-13-16-19-22-24-25-26-27-29-30-33-36-39-42-45-51(54)57-48-49(47-56-50(53)44-41-38-35-32-21-18-15-12-9-6-3)58-52(55)46-43-40-37-34-31-28-23-20-17-14-11-8-5-2/h8,11,14-15,17-18,20,23-25,28,31,49H,4-7,9-10,12-13,16,19,21-22,26-27,29-30,32-48H2,1-3H3/b11-8-,17-14-,18-15-,23-20-,25-24-,31-28-. The van der Waals surface area contributed by atoms with Crippen molar-refractivity contribution in [3.05, 3.63) is 72.9 Å². The van der Waals surface area contributed by atoms with E-state index in [-0.39, 0.29) is 37.5 Å². The van der Waals surface area contributed by atoms with Gasteiger partial charge in [0.05, 0.1) is 0 Å². The summed E-state index contributed by atoms with van der Waals surface area (Å²) in [5.74, 6) is -0.959. The average Bonchev–Trinajstić information content (AvgIpc) is 3.22. The van der Waals surface area contributed by atoms with Crippen molar-refractivity contribution >= 4 is 17.9 Å². The van der Waals surface area contributed by atoms with Crippen molar-refractivity contribution in [1.82, 2.24) is 0 Å². The lowest BCUT2D eigenvalue weighted by atomic mass is 10.1. The maximum Gasteiger partial charge on any atom is 0.306 e. The molecule has 6 heteroatoms. The topological polar surface area (TPSA) is 78.9 Å². The molecule has 0 aromatic rings. The molecule has 58 heavy (non-hydrogen) atoms. The smallest absolute Gasteiger partial charge is 0.306 e. The molecule has 332 valence electrons. The lowest BCUT2D eigenvalue weighted by Crippen LogP contribution is -2.30. The Morgan fingerprint density at radius 1 is 0.362 bits per heavy atom. The van der Waals surface area contributed by atoms with Gasteiger partial charge in [-0.1, -0.05) is 190 Å². The van der Waals surface area contributed by atoms with Gasteiger partial charge in [-0.3, -0.25) is 14.4 Å². The average molecular weight is 809 g/mol. The van der Waals surface area contributed by atoms with Crippen LogP contribution in [0.2, 0.25) is 0 Å². The molecule has 0 amide bonds. The van der Waals surface area contributed by atoms with E-state index in [1.165, 1.54) is 89.9 Å². The summed E-state index contributed by atoms with van der Waals surface area (Å²) in [6, 6.07) is 0. The fourth-order valence-corrected chi connectivity index (χ4v) is 6.37. The SMILES string of the molecule is CC\C=C/C=C\C=C/C=C\CCCCCC(=O)OC(COC(=O)CCCCCC/C=C\CCCC)COC(=O)CCCCCCCCC/C=C\CCCCCCCC. The Hall–Kier alpha value is -3.15. The van der Waals surface area contributed by atoms with Gasteiger partial charge in [0.15, 0.2) is 6.10 Å². The van der Waals surface area contributed by atoms with Crippen molar-refractivity contribution in [2.75, 3.05) is 13.2 Å². The third-order valence-corrected chi connectivity index (χ3v) is 10.0. The van der Waals surface area contributed by atoms with Crippen molar-refractivity contribution in [3.63, 3.8) is 0 Å². The lowest BCUT2D eigenvalue weighted by molar-refractivity contribution is -0.167. The molecule has 0 rings (SSSR count). The second-order valence-electron chi connectivity index (χ2n) is 15.7. The number of esters is 3. The first kappa shape index (κ1) is 54.9. The Bertz CT molecular complexity index is 1110. The van der Waals surface area contributed by atoms with E-state index in [9.17, 15) is 14.4 Å². The van der Waals surface area contributed by atoms with Crippen LogP contribution in [-0.2, 0) is 28.6 Å². The van der Waals surface area contributed by atoms with E-state index in [0.29, 0.717) is 19.3 Å².